The molecule has 0 aliphatic heterocycles. The molecule has 212 valence electrons. The standard InChI is InChI=1S/C32H37FN2O5/c1-38-27-18-28(39-2)20-29(19-27)40-22-31(36)35(21-24-13-15-25(33)16-14-24)30(17-23-9-5-3-6-10-23)32(37)34-26-11-7-4-8-12-26/h3,5-6,9-10,13-16,18-20,26,30H,4,7-8,11-12,17,21-22H2,1-2H3,(H,34,37)/t30-/m0/s1. The van der Waals surface area contributed by atoms with Crippen molar-refractivity contribution in [2.45, 2.75) is 57.2 Å². The third-order valence-electron chi connectivity index (χ3n) is 7.18. The fraction of sp³-hybridized carbons (Fsp3) is 0.375. The lowest BCUT2D eigenvalue weighted by molar-refractivity contribution is -0.143. The first-order chi connectivity index (χ1) is 19.4. The normalized spacial score (nSPS) is 14.2. The molecule has 1 atom stereocenters. The van der Waals surface area contributed by atoms with Gasteiger partial charge in [-0.3, -0.25) is 9.59 Å². The van der Waals surface area contributed by atoms with Crippen molar-refractivity contribution < 1.29 is 28.2 Å². The number of hydrogen-bond acceptors (Lipinski definition) is 5. The molecule has 1 aliphatic carbocycles. The van der Waals surface area contributed by atoms with Gasteiger partial charge in [0.25, 0.3) is 5.91 Å². The quantitative estimate of drug-likeness (QED) is 0.332. The molecular formula is C32H37FN2O5. The highest BCUT2D eigenvalue weighted by Crippen LogP contribution is 2.28. The van der Waals surface area contributed by atoms with Gasteiger partial charge in [0.2, 0.25) is 5.91 Å². The Bertz CT molecular complexity index is 1220. The van der Waals surface area contributed by atoms with E-state index in [1.807, 2.05) is 30.3 Å². The number of rotatable bonds is 12. The van der Waals surface area contributed by atoms with E-state index < -0.39 is 6.04 Å². The van der Waals surface area contributed by atoms with Gasteiger partial charge < -0.3 is 24.4 Å². The van der Waals surface area contributed by atoms with Crippen LogP contribution >= 0.6 is 0 Å². The van der Waals surface area contributed by atoms with Crippen molar-refractivity contribution in [2.75, 3.05) is 20.8 Å². The lowest BCUT2D eigenvalue weighted by Crippen LogP contribution is -2.53. The van der Waals surface area contributed by atoms with Crippen molar-refractivity contribution >= 4 is 11.8 Å². The van der Waals surface area contributed by atoms with Gasteiger partial charge in [0.1, 0.15) is 29.1 Å². The number of hydrogen-bond donors (Lipinski definition) is 1. The van der Waals surface area contributed by atoms with Gasteiger partial charge >= 0.3 is 0 Å². The van der Waals surface area contributed by atoms with Crippen molar-refractivity contribution in [2.24, 2.45) is 0 Å². The van der Waals surface area contributed by atoms with Crippen LogP contribution in [0.2, 0.25) is 0 Å². The predicted octanol–water partition coefficient (Wildman–Crippen LogP) is 5.31. The Morgan fingerprint density at radius 1 is 0.875 bits per heavy atom. The Morgan fingerprint density at radius 3 is 2.12 bits per heavy atom. The molecule has 1 aliphatic rings. The first kappa shape index (κ1) is 28.9. The molecule has 8 heteroatoms. The largest absolute Gasteiger partial charge is 0.496 e. The first-order valence-corrected chi connectivity index (χ1v) is 13.7. The Hall–Kier alpha value is -4.07. The Balaban J connectivity index is 1.61. The highest BCUT2D eigenvalue weighted by molar-refractivity contribution is 5.88. The number of carbonyl (C=O) groups excluding carboxylic acids is 2. The molecule has 0 saturated heterocycles. The lowest BCUT2D eigenvalue weighted by atomic mass is 9.94. The van der Waals surface area contributed by atoms with Gasteiger partial charge in [-0.25, -0.2) is 4.39 Å². The summed E-state index contributed by atoms with van der Waals surface area (Å²) in [5, 5.41) is 3.21. The van der Waals surface area contributed by atoms with Gasteiger partial charge in [0.15, 0.2) is 6.61 Å². The molecule has 4 rings (SSSR count). The zero-order valence-electron chi connectivity index (χ0n) is 23.1. The molecule has 3 aromatic carbocycles. The zero-order chi connectivity index (χ0) is 28.3. The van der Waals surface area contributed by atoms with Crippen LogP contribution < -0.4 is 19.5 Å². The molecule has 0 unspecified atom stereocenters. The summed E-state index contributed by atoms with van der Waals surface area (Å²) >= 11 is 0. The predicted molar refractivity (Wildman–Crippen MR) is 151 cm³/mol. The summed E-state index contributed by atoms with van der Waals surface area (Å²) in [6.07, 6.45) is 5.50. The highest BCUT2D eigenvalue weighted by Gasteiger charge is 2.32. The van der Waals surface area contributed by atoms with Crippen LogP contribution in [0.4, 0.5) is 4.39 Å². The fourth-order valence-electron chi connectivity index (χ4n) is 4.98. The Labute approximate surface area is 235 Å². The molecular weight excluding hydrogens is 511 g/mol. The molecule has 0 radical (unpaired) electrons. The van der Waals surface area contributed by atoms with Crippen molar-refractivity contribution in [1.82, 2.24) is 10.2 Å². The maximum atomic E-state index is 13.8. The number of halogens is 1. The lowest BCUT2D eigenvalue weighted by Gasteiger charge is -2.33. The van der Waals surface area contributed by atoms with E-state index in [9.17, 15) is 14.0 Å². The first-order valence-electron chi connectivity index (χ1n) is 13.7. The van der Waals surface area contributed by atoms with Gasteiger partial charge in [-0.2, -0.15) is 0 Å². The van der Waals surface area contributed by atoms with Crippen LogP contribution in [0.1, 0.15) is 43.2 Å². The van der Waals surface area contributed by atoms with E-state index in [0.29, 0.717) is 29.2 Å². The summed E-state index contributed by atoms with van der Waals surface area (Å²) in [5.41, 5.74) is 1.64. The SMILES string of the molecule is COc1cc(OC)cc(OCC(=O)N(Cc2ccc(F)cc2)[C@@H](Cc2ccccc2)C(=O)NC2CCCCC2)c1. The number of methoxy groups -OCH3 is 2. The molecule has 1 saturated carbocycles. The summed E-state index contributed by atoms with van der Waals surface area (Å²) in [6, 6.07) is 19.9. The van der Waals surface area contributed by atoms with Gasteiger partial charge in [0, 0.05) is 37.2 Å². The maximum absolute atomic E-state index is 13.8. The topological polar surface area (TPSA) is 77.1 Å². The third kappa shape index (κ3) is 8.21. The molecule has 7 nitrogen and oxygen atoms in total. The van der Waals surface area contributed by atoms with Crippen LogP contribution in [0.25, 0.3) is 0 Å². The molecule has 0 heterocycles. The molecule has 0 aromatic heterocycles. The fourth-order valence-corrected chi connectivity index (χ4v) is 4.98. The highest BCUT2D eigenvalue weighted by atomic mass is 19.1. The number of nitrogens with zero attached hydrogens (tertiary/aromatic N) is 1. The van der Waals surface area contributed by atoms with Gasteiger partial charge in [0.05, 0.1) is 14.2 Å². The van der Waals surface area contributed by atoms with E-state index >= 15 is 0 Å². The zero-order valence-corrected chi connectivity index (χ0v) is 23.1. The Morgan fingerprint density at radius 2 is 1.50 bits per heavy atom. The van der Waals surface area contributed by atoms with E-state index in [4.69, 9.17) is 14.2 Å². The monoisotopic (exact) mass is 548 g/mol. The van der Waals surface area contributed by atoms with E-state index in [1.165, 1.54) is 37.7 Å². The van der Waals surface area contributed by atoms with Gasteiger partial charge in [-0.15, -0.1) is 0 Å². The minimum Gasteiger partial charge on any atom is -0.496 e. The van der Waals surface area contributed by atoms with Crippen molar-refractivity contribution in [1.29, 1.82) is 0 Å². The van der Waals surface area contributed by atoms with Crippen LogP contribution in [0.15, 0.2) is 72.8 Å². The summed E-state index contributed by atoms with van der Waals surface area (Å²) in [6.45, 7) is -0.182. The molecule has 1 fully saturated rings. The molecule has 3 aromatic rings. The average molecular weight is 549 g/mol. The van der Waals surface area contributed by atoms with E-state index in [1.54, 1.807) is 30.3 Å². The van der Waals surface area contributed by atoms with E-state index in [-0.39, 0.29) is 36.8 Å². The minimum atomic E-state index is -0.787. The molecule has 0 spiro atoms. The minimum absolute atomic E-state index is 0.0859. The average Bonchev–Trinajstić information content (AvgIpc) is 2.99. The van der Waals surface area contributed by atoms with Crippen molar-refractivity contribution in [3.05, 3.63) is 89.7 Å². The Kier molecular flexibility index (Phi) is 10.4. The second kappa shape index (κ2) is 14.4. The van der Waals surface area contributed by atoms with Crippen LogP contribution in [0, 0.1) is 5.82 Å². The number of ether oxygens (including phenoxy) is 3. The van der Waals surface area contributed by atoms with E-state index in [0.717, 1.165) is 31.2 Å². The molecule has 0 bridgehead atoms. The van der Waals surface area contributed by atoms with Crippen LogP contribution in [-0.2, 0) is 22.6 Å². The molecule has 2 amide bonds. The number of amides is 2. The van der Waals surface area contributed by atoms with Crippen molar-refractivity contribution in [3.8, 4) is 17.2 Å². The van der Waals surface area contributed by atoms with Crippen LogP contribution in [0.3, 0.4) is 0 Å². The summed E-state index contributed by atoms with van der Waals surface area (Å²) < 4.78 is 30.2. The molecule has 1 N–H and O–H groups in total. The second-order valence-corrected chi connectivity index (χ2v) is 10.0. The van der Waals surface area contributed by atoms with Crippen LogP contribution in [-0.4, -0.2) is 49.6 Å². The summed E-state index contributed by atoms with van der Waals surface area (Å²) in [4.78, 5) is 29.2. The van der Waals surface area contributed by atoms with E-state index in [2.05, 4.69) is 5.32 Å². The van der Waals surface area contributed by atoms with Crippen molar-refractivity contribution in [3.63, 3.8) is 0 Å². The smallest absolute Gasteiger partial charge is 0.261 e. The van der Waals surface area contributed by atoms with Gasteiger partial charge in [-0.1, -0.05) is 61.7 Å². The summed E-state index contributed by atoms with van der Waals surface area (Å²) in [7, 11) is 3.07. The number of nitrogens with one attached hydrogen (secondary N) is 1. The molecule has 40 heavy (non-hydrogen) atoms. The maximum Gasteiger partial charge on any atom is 0.261 e. The summed E-state index contributed by atoms with van der Waals surface area (Å²) in [5.74, 6) is 0.517. The van der Waals surface area contributed by atoms with Crippen LogP contribution in [0.5, 0.6) is 17.2 Å². The van der Waals surface area contributed by atoms with Gasteiger partial charge in [-0.05, 0) is 36.1 Å². The second-order valence-electron chi connectivity index (χ2n) is 10.0. The number of carbonyl (C=O) groups is 2. The number of benzene rings is 3. The third-order valence-corrected chi connectivity index (χ3v) is 7.18.